The first kappa shape index (κ1) is 16.7. The lowest BCUT2D eigenvalue weighted by Crippen LogP contribution is -2.16. The fraction of sp³-hybridized carbons (Fsp3) is 0.800. The average molecular weight is 169 g/mol. The van der Waals surface area contributed by atoms with E-state index < -0.39 is 12.1 Å². The predicted molar refractivity (Wildman–Crippen MR) is 36.8 cm³/mol. The smallest absolute Gasteiger partial charge is 0.100 e. The van der Waals surface area contributed by atoms with Crippen LogP contribution in [0.2, 0.25) is 0 Å². The summed E-state index contributed by atoms with van der Waals surface area (Å²) in [5.41, 5.74) is 0. The number of carbonyl (C=O) groups is 1. The van der Waals surface area contributed by atoms with Crippen LogP contribution in [-0.4, -0.2) is 40.6 Å². The Morgan fingerprint density at radius 3 is 1.64 bits per heavy atom. The van der Waals surface area contributed by atoms with E-state index in [0.29, 0.717) is 0 Å². The third kappa shape index (κ3) is 45.4. The molecule has 0 aliphatic carbocycles. The van der Waals surface area contributed by atoms with Crippen molar-refractivity contribution >= 4 is 5.97 Å². The molecule has 0 saturated carbocycles. The summed E-state index contributed by atoms with van der Waals surface area (Å²) < 4.78 is 0. The standard InChI is InChI=1S/C3H8O3.C2H4O2.H3N/c4-1-3(6)2-5;1-2(3)4;/h3-6H,1-2H2;1H3,(H,3,4);1H3. The van der Waals surface area contributed by atoms with Gasteiger partial charge in [0, 0.05) is 5.97 Å². The highest BCUT2D eigenvalue weighted by molar-refractivity contribution is 5.60. The second-order valence-electron chi connectivity index (χ2n) is 1.51. The van der Waals surface area contributed by atoms with Crippen LogP contribution in [0.3, 0.4) is 0 Å². The van der Waals surface area contributed by atoms with Crippen molar-refractivity contribution < 1.29 is 25.2 Å². The van der Waals surface area contributed by atoms with Crippen LogP contribution in [0.15, 0.2) is 0 Å². The number of rotatable bonds is 2. The van der Waals surface area contributed by atoms with Crippen LogP contribution in [0.25, 0.3) is 0 Å². The Morgan fingerprint density at radius 1 is 1.45 bits per heavy atom. The fourth-order valence-corrected chi connectivity index (χ4v) is 0.0577. The van der Waals surface area contributed by atoms with Gasteiger partial charge in [-0.25, -0.2) is 0 Å². The van der Waals surface area contributed by atoms with E-state index in [1.807, 2.05) is 0 Å². The van der Waals surface area contributed by atoms with E-state index in [1.54, 1.807) is 0 Å². The first-order valence-corrected chi connectivity index (χ1v) is 2.62. The Balaban J connectivity index is -0.000000114. The van der Waals surface area contributed by atoms with Crippen molar-refractivity contribution in [2.75, 3.05) is 13.2 Å². The van der Waals surface area contributed by atoms with Gasteiger partial charge in [-0.2, -0.15) is 0 Å². The topological polar surface area (TPSA) is 137 Å². The molecule has 0 fully saturated rings. The molecule has 11 heavy (non-hydrogen) atoms. The highest BCUT2D eigenvalue weighted by Gasteiger charge is 1.93. The van der Waals surface area contributed by atoms with Gasteiger partial charge < -0.3 is 31.4 Å². The number of carboxylic acids is 1. The summed E-state index contributed by atoms with van der Waals surface area (Å²) in [7, 11) is 0. The fourth-order valence-electron chi connectivity index (χ4n) is 0.0577. The van der Waals surface area contributed by atoms with E-state index in [-0.39, 0.29) is 19.4 Å². The van der Waals surface area contributed by atoms with Gasteiger partial charge in [-0.3, -0.25) is 0 Å². The van der Waals surface area contributed by atoms with Crippen LogP contribution >= 0.6 is 0 Å². The van der Waals surface area contributed by atoms with Crippen LogP contribution in [-0.2, 0) is 4.79 Å². The van der Waals surface area contributed by atoms with Crippen molar-refractivity contribution in [1.82, 2.24) is 6.15 Å². The van der Waals surface area contributed by atoms with Crippen LogP contribution in [0, 0.1) is 0 Å². The van der Waals surface area contributed by atoms with E-state index in [9.17, 15) is 0 Å². The zero-order chi connectivity index (χ0) is 8.57. The van der Waals surface area contributed by atoms with E-state index in [2.05, 4.69) is 0 Å². The van der Waals surface area contributed by atoms with Crippen molar-refractivity contribution in [2.45, 2.75) is 13.0 Å². The van der Waals surface area contributed by atoms with Gasteiger partial charge in [0.2, 0.25) is 0 Å². The highest BCUT2D eigenvalue weighted by atomic mass is 16.4. The highest BCUT2D eigenvalue weighted by Crippen LogP contribution is 1.71. The lowest BCUT2D eigenvalue weighted by molar-refractivity contribution is -0.302. The summed E-state index contributed by atoms with van der Waals surface area (Å²) in [6.45, 7) is 0.243. The molecule has 0 radical (unpaired) electrons. The average Bonchev–Trinajstić information content (AvgIpc) is 1.85. The number of aliphatic carboxylic acids is 1. The zero-order valence-electron chi connectivity index (χ0n) is 6.65. The van der Waals surface area contributed by atoms with Gasteiger partial charge in [-0.15, -0.1) is 0 Å². The van der Waals surface area contributed by atoms with E-state index in [1.165, 1.54) is 0 Å². The summed E-state index contributed by atoms with van der Waals surface area (Å²) in [6.07, 6.45) is -0.954. The first-order chi connectivity index (χ1) is 4.54. The molecule has 6 nitrogen and oxygen atoms in total. The normalized spacial score (nSPS) is 7.73. The predicted octanol–water partition coefficient (Wildman–Crippen LogP) is -2.54. The molecule has 0 aromatic rings. The third-order valence-electron chi connectivity index (χ3n) is 0.421. The summed E-state index contributed by atoms with van der Waals surface area (Å²) in [4.78, 5) is 8.89. The summed E-state index contributed by atoms with van der Waals surface area (Å²) >= 11 is 0. The van der Waals surface area contributed by atoms with Crippen molar-refractivity contribution in [3.05, 3.63) is 0 Å². The summed E-state index contributed by atoms with van der Waals surface area (Å²) in [5, 5.41) is 32.9. The SMILES string of the molecule is CC(=O)[O-].OCC(O)CO.[NH4+]. The molecular formula is C5H15NO5. The Kier molecular flexibility index (Phi) is 18.3. The maximum Gasteiger partial charge on any atom is 0.100 e. The van der Waals surface area contributed by atoms with Gasteiger partial charge >= 0.3 is 0 Å². The van der Waals surface area contributed by atoms with Crippen molar-refractivity contribution in [2.24, 2.45) is 0 Å². The summed E-state index contributed by atoms with van der Waals surface area (Å²) in [5.74, 6) is -1.08. The number of aliphatic hydroxyl groups is 3. The Labute approximate surface area is 64.7 Å². The molecule has 0 aliphatic rings. The molecule has 0 aromatic carbocycles. The second-order valence-corrected chi connectivity index (χ2v) is 1.51. The Morgan fingerprint density at radius 2 is 1.64 bits per heavy atom. The van der Waals surface area contributed by atoms with Crippen LogP contribution in [0.4, 0.5) is 0 Å². The molecule has 0 amide bonds. The van der Waals surface area contributed by atoms with Crippen LogP contribution in [0.5, 0.6) is 0 Å². The number of quaternary nitrogens is 1. The molecule has 0 aromatic heterocycles. The maximum absolute atomic E-state index is 8.89. The monoisotopic (exact) mass is 169 g/mol. The van der Waals surface area contributed by atoms with Gasteiger partial charge in [-0.05, 0) is 6.92 Å². The quantitative estimate of drug-likeness (QED) is 0.361. The Bertz CT molecular complexity index is 78.9. The minimum atomic E-state index is -1.08. The molecule has 0 rings (SSSR count). The van der Waals surface area contributed by atoms with E-state index in [0.717, 1.165) is 6.92 Å². The number of hydrogen-bond acceptors (Lipinski definition) is 5. The molecule has 0 heterocycles. The van der Waals surface area contributed by atoms with Gasteiger partial charge in [0.25, 0.3) is 0 Å². The molecule has 0 aliphatic heterocycles. The molecule has 0 spiro atoms. The lowest BCUT2D eigenvalue weighted by Gasteiger charge is -1.96. The van der Waals surface area contributed by atoms with Gasteiger partial charge in [0.1, 0.15) is 6.10 Å². The number of aliphatic hydroxyl groups excluding tert-OH is 3. The second kappa shape index (κ2) is 12.0. The minimum absolute atomic E-state index is 0. The van der Waals surface area contributed by atoms with Crippen molar-refractivity contribution in [3.63, 3.8) is 0 Å². The minimum Gasteiger partial charge on any atom is -0.550 e. The van der Waals surface area contributed by atoms with Crippen molar-refractivity contribution in [3.8, 4) is 0 Å². The van der Waals surface area contributed by atoms with E-state index >= 15 is 0 Å². The lowest BCUT2D eigenvalue weighted by atomic mass is 10.4. The van der Waals surface area contributed by atoms with Crippen molar-refractivity contribution in [1.29, 1.82) is 0 Å². The van der Waals surface area contributed by atoms with Crippen LogP contribution in [0.1, 0.15) is 6.92 Å². The molecule has 0 unspecified atom stereocenters. The Hall–Kier alpha value is -0.690. The molecule has 6 heteroatoms. The van der Waals surface area contributed by atoms with E-state index in [4.69, 9.17) is 25.2 Å². The number of hydrogen-bond donors (Lipinski definition) is 4. The van der Waals surface area contributed by atoms with Crippen LogP contribution < -0.4 is 11.3 Å². The first-order valence-electron chi connectivity index (χ1n) is 2.62. The zero-order valence-corrected chi connectivity index (χ0v) is 6.65. The molecule has 0 atom stereocenters. The molecule has 0 saturated heterocycles. The maximum atomic E-state index is 8.89. The molecular weight excluding hydrogens is 154 g/mol. The molecule has 0 bridgehead atoms. The van der Waals surface area contributed by atoms with Gasteiger partial charge in [0.05, 0.1) is 13.2 Å². The van der Waals surface area contributed by atoms with Gasteiger partial charge in [-0.1, -0.05) is 0 Å². The molecule has 70 valence electrons. The number of carboxylic acid groups (broad SMARTS) is 1. The third-order valence-corrected chi connectivity index (χ3v) is 0.421. The molecule has 7 N–H and O–H groups in total. The van der Waals surface area contributed by atoms with Gasteiger partial charge in [0.15, 0.2) is 0 Å². The summed E-state index contributed by atoms with van der Waals surface area (Å²) in [6, 6.07) is 0. The largest absolute Gasteiger partial charge is 0.550 e. The number of carbonyl (C=O) groups excluding carboxylic acids is 1.